The number of nitrogens with two attached hydrogens (primary N) is 1. The van der Waals surface area contributed by atoms with Gasteiger partial charge < -0.3 is 5.73 Å². The van der Waals surface area contributed by atoms with E-state index < -0.39 is 12.5 Å². The fraction of sp³-hybridized carbons (Fsp3) is 0.286. The zero-order valence-corrected chi connectivity index (χ0v) is 7.86. The number of hydrogen-bond donors (Lipinski definition) is 1. The van der Waals surface area contributed by atoms with Gasteiger partial charge in [-0.25, -0.2) is 8.78 Å². The van der Waals surface area contributed by atoms with E-state index in [1.807, 2.05) is 0 Å². The van der Waals surface area contributed by atoms with E-state index in [-0.39, 0.29) is 15.6 Å². The van der Waals surface area contributed by atoms with Crippen molar-refractivity contribution in [3.8, 4) is 0 Å². The van der Waals surface area contributed by atoms with Gasteiger partial charge in [0, 0.05) is 18.0 Å². The Morgan fingerprint density at radius 1 is 1.23 bits per heavy atom. The van der Waals surface area contributed by atoms with E-state index in [2.05, 4.69) is 4.98 Å². The van der Waals surface area contributed by atoms with E-state index in [0.717, 1.165) is 0 Å². The van der Waals surface area contributed by atoms with Gasteiger partial charge in [-0.3, -0.25) is 4.98 Å². The van der Waals surface area contributed by atoms with Crippen LogP contribution in [0, 0.1) is 0 Å². The third-order valence-corrected chi connectivity index (χ3v) is 2.10. The zero-order chi connectivity index (χ0) is 10.0. The molecule has 0 aliphatic heterocycles. The van der Waals surface area contributed by atoms with Crippen LogP contribution in [-0.4, -0.2) is 11.4 Å². The Bertz CT molecular complexity index is 286. The van der Waals surface area contributed by atoms with Gasteiger partial charge in [0.25, 0.3) is 6.43 Å². The molecule has 1 aromatic heterocycles. The molecule has 0 spiro atoms. The first kappa shape index (κ1) is 10.6. The maximum Gasteiger partial charge on any atom is 0.257 e. The number of alkyl halides is 2. The average molecular weight is 227 g/mol. The standard InChI is InChI=1S/C7H6Cl2F2N2/c8-3-1-13-2-4(9)5(3)6(12)7(10)11/h1-2,6-7H,12H2. The minimum Gasteiger partial charge on any atom is -0.319 e. The lowest BCUT2D eigenvalue weighted by atomic mass is 10.1. The molecule has 0 aromatic carbocycles. The average Bonchev–Trinajstić information content (AvgIpc) is 2.03. The van der Waals surface area contributed by atoms with Gasteiger partial charge in [0.2, 0.25) is 0 Å². The summed E-state index contributed by atoms with van der Waals surface area (Å²) in [5.74, 6) is 0. The predicted octanol–water partition coefficient (Wildman–Crippen LogP) is 2.65. The SMILES string of the molecule is NC(c1c(Cl)cncc1Cl)C(F)F. The summed E-state index contributed by atoms with van der Waals surface area (Å²) in [6.45, 7) is 0. The summed E-state index contributed by atoms with van der Waals surface area (Å²) in [4.78, 5) is 3.62. The topological polar surface area (TPSA) is 38.9 Å². The van der Waals surface area contributed by atoms with Crippen molar-refractivity contribution in [3.63, 3.8) is 0 Å². The minimum absolute atomic E-state index is 0.0355. The third kappa shape index (κ3) is 2.27. The molecule has 2 N–H and O–H groups in total. The summed E-state index contributed by atoms with van der Waals surface area (Å²) in [5.41, 5.74) is 5.23. The minimum atomic E-state index is -2.70. The molecule has 0 bridgehead atoms. The predicted molar refractivity (Wildman–Crippen MR) is 47.2 cm³/mol. The molecule has 72 valence electrons. The van der Waals surface area contributed by atoms with Gasteiger partial charge in [-0.15, -0.1) is 0 Å². The molecule has 2 nitrogen and oxygen atoms in total. The lowest BCUT2D eigenvalue weighted by Gasteiger charge is -2.13. The normalized spacial score (nSPS) is 13.4. The van der Waals surface area contributed by atoms with E-state index in [0.29, 0.717) is 0 Å². The van der Waals surface area contributed by atoms with E-state index in [4.69, 9.17) is 28.9 Å². The molecular weight excluding hydrogens is 221 g/mol. The first-order chi connectivity index (χ1) is 6.04. The highest BCUT2D eigenvalue weighted by atomic mass is 35.5. The van der Waals surface area contributed by atoms with Crippen LogP contribution in [-0.2, 0) is 0 Å². The molecule has 0 aliphatic carbocycles. The Labute approximate surface area is 83.7 Å². The van der Waals surface area contributed by atoms with E-state index >= 15 is 0 Å². The molecule has 1 unspecified atom stereocenters. The van der Waals surface area contributed by atoms with Gasteiger partial charge in [-0.1, -0.05) is 23.2 Å². The van der Waals surface area contributed by atoms with E-state index in [9.17, 15) is 8.78 Å². The van der Waals surface area contributed by atoms with Gasteiger partial charge in [0.15, 0.2) is 0 Å². The lowest BCUT2D eigenvalue weighted by Crippen LogP contribution is -2.19. The van der Waals surface area contributed by atoms with Crippen LogP contribution < -0.4 is 5.73 Å². The first-order valence-electron chi connectivity index (χ1n) is 3.36. The zero-order valence-electron chi connectivity index (χ0n) is 6.35. The Kier molecular flexibility index (Phi) is 3.41. The molecule has 1 rings (SSSR count). The fourth-order valence-electron chi connectivity index (χ4n) is 0.866. The van der Waals surface area contributed by atoms with E-state index in [1.165, 1.54) is 12.4 Å². The van der Waals surface area contributed by atoms with Crippen molar-refractivity contribution in [1.29, 1.82) is 0 Å². The molecule has 1 heterocycles. The van der Waals surface area contributed by atoms with E-state index in [1.54, 1.807) is 0 Å². The van der Waals surface area contributed by atoms with Crippen molar-refractivity contribution in [3.05, 3.63) is 28.0 Å². The Hall–Kier alpha value is -0.450. The number of nitrogens with zero attached hydrogens (tertiary/aromatic N) is 1. The Balaban J connectivity index is 3.12. The number of halogens is 4. The molecule has 1 aromatic rings. The molecular formula is C7H6Cl2F2N2. The highest BCUT2D eigenvalue weighted by molar-refractivity contribution is 6.35. The second-order valence-electron chi connectivity index (χ2n) is 2.38. The molecule has 13 heavy (non-hydrogen) atoms. The van der Waals surface area contributed by atoms with Crippen LogP contribution in [0.25, 0.3) is 0 Å². The van der Waals surface area contributed by atoms with Gasteiger partial charge >= 0.3 is 0 Å². The van der Waals surface area contributed by atoms with Gasteiger partial charge in [0.1, 0.15) is 0 Å². The van der Waals surface area contributed by atoms with Crippen LogP contribution in [0.5, 0.6) is 0 Å². The molecule has 0 radical (unpaired) electrons. The van der Waals surface area contributed by atoms with Crippen LogP contribution >= 0.6 is 23.2 Å². The van der Waals surface area contributed by atoms with Gasteiger partial charge in [-0.2, -0.15) is 0 Å². The van der Waals surface area contributed by atoms with Crippen LogP contribution in [0.4, 0.5) is 8.78 Å². The number of hydrogen-bond acceptors (Lipinski definition) is 2. The molecule has 0 saturated heterocycles. The molecule has 0 aliphatic rings. The smallest absolute Gasteiger partial charge is 0.257 e. The third-order valence-electron chi connectivity index (χ3n) is 1.50. The highest BCUT2D eigenvalue weighted by Crippen LogP contribution is 2.30. The second kappa shape index (κ2) is 4.17. The van der Waals surface area contributed by atoms with Crippen LogP contribution in [0.1, 0.15) is 11.6 Å². The summed E-state index contributed by atoms with van der Waals surface area (Å²) in [6, 6.07) is -1.47. The summed E-state index contributed by atoms with van der Waals surface area (Å²) in [5, 5.41) is 0.112. The van der Waals surface area contributed by atoms with Crippen LogP contribution in [0.15, 0.2) is 12.4 Å². The summed E-state index contributed by atoms with van der Waals surface area (Å²) in [7, 11) is 0. The van der Waals surface area contributed by atoms with Crippen molar-refractivity contribution >= 4 is 23.2 Å². The number of aromatic nitrogens is 1. The maximum absolute atomic E-state index is 12.2. The summed E-state index contributed by atoms with van der Waals surface area (Å²) >= 11 is 11.2. The number of rotatable bonds is 2. The maximum atomic E-state index is 12.2. The fourth-order valence-corrected chi connectivity index (χ4v) is 1.48. The van der Waals surface area contributed by atoms with Gasteiger partial charge in [-0.05, 0) is 0 Å². The molecule has 0 fully saturated rings. The van der Waals surface area contributed by atoms with Crippen molar-refractivity contribution in [2.45, 2.75) is 12.5 Å². The van der Waals surface area contributed by atoms with Crippen molar-refractivity contribution in [2.75, 3.05) is 0 Å². The van der Waals surface area contributed by atoms with Crippen LogP contribution in [0.2, 0.25) is 10.0 Å². The Morgan fingerprint density at radius 3 is 2.08 bits per heavy atom. The quantitative estimate of drug-likeness (QED) is 0.843. The second-order valence-corrected chi connectivity index (χ2v) is 3.19. The lowest BCUT2D eigenvalue weighted by molar-refractivity contribution is 0.116. The first-order valence-corrected chi connectivity index (χ1v) is 4.12. The van der Waals surface area contributed by atoms with Crippen molar-refractivity contribution < 1.29 is 8.78 Å². The van der Waals surface area contributed by atoms with Crippen molar-refractivity contribution in [1.82, 2.24) is 4.98 Å². The van der Waals surface area contributed by atoms with Gasteiger partial charge in [0.05, 0.1) is 16.1 Å². The number of pyridine rings is 1. The summed E-state index contributed by atoms with van der Waals surface area (Å²) in [6.07, 6.45) is -0.242. The molecule has 0 amide bonds. The molecule has 6 heteroatoms. The molecule has 0 saturated carbocycles. The monoisotopic (exact) mass is 226 g/mol. The summed E-state index contributed by atoms with van der Waals surface area (Å²) < 4.78 is 24.4. The molecule has 1 atom stereocenters. The largest absolute Gasteiger partial charge is 0.319 e. The van der Waals surface area contributed by atoms with Crippen molar-refractivity contribution in [2.24, 2.45) is 5.73 Å². The Morgan fingerprint density at radius 2 is 1.69 bits per heavy atom. The van der Waals surface area contributed by atoms with Crippen LogP contribution in [0.3, 0.4) is 0 Å². The highest BCUT2D eigenvalue weighted by Gasteiger charge is 2.22.